The zero-order valence-electron chi connectivity index (χ0n) is 14.8. The van der Waals surface area contributed by atoms with Crippen molar-refractivity contribution in [1.82, 2.24) is 19.1 Å². The Balaban J connectivity index is 1.83. The number of methoxy groups -OCH3 is 1. The van der Waals surface area contributed by atoms with E-state index in [0.717, 1.165) is 31.2 Å². The van der Waals surface area contributed by atoms with Crippen LogP contribution in [0.25, 0.3) is 11.4 Å². The third-order valence-corrected chi connectivity index (χ3v) is 6.78. The Hall–Kier alpha value is -1.55. The second-order valence-corrected chi connectivity index (χ2v) is 8.66. The molecule has 0 unspecified atom stereocenters. The minimum atomic E-state index is -3.42. The number of piperidine rings is 1. The van der Waals surface area contributed by atoms with Crippen molar-refractivity contribution in [3.05, 3.63) is 29.0 Å². The zero-order valence-corrected chi connectivity index (χ0v) is 16.5. The predicted octanol–water partition coefficient (Wildman–Crippen LogP) is 2.82. The van der Waals surface area contributed by atoms with Crippen LogP contribution >= 0.6 is 12.2 Å². The van der Waals surface area contributed by atoms with Gasteiger partial charge in [-0.15, -0.1) is 0 Å². The molecule has 1 fully saturated rings. The summed E-state index contributed by atoms with van der Waals surface area (Å²) in [7, 11) is -1.76. The van der Waals surface area contributed by atoms with Crippen LogP contribution in [-0.4, -0.2) is 54.3 Å². The first-order valence-electron chi connectivity index (χ1n) is 8.79. The van der Waals surface area contributed by atoms with Gasteiger partial charge < -0.3 is 9.30 Å². The van der Waals surface area contributed by atoms with Gasteiger partial charge in [0, 0.05) is 38.9 Å². The number of aromatic amines is 1. The summed E-state index contributed by atoms with van der Waals surface area (Å²) in [6.45, 7) is 2.52. The van der Waals surface area contributed by atoms with Crippen molar-refractivity contribution in [3.63, 3.8) is 0 Å². The van der Waals surface area contributed by atoms with Gasteiger partial charge in [-0.25, -0.2) is 8.42 Å². The Bertz CT molecular complexity index is 881. The lowest BCUT2D eigenvalue weighted by Gasteiger charge is -2.25. The molecule has 9 heteroatoms. The number of aromatic nitrogens is 3. The first kappa shape index (κ1) is 19.2. The normalized spacial score (nSPS) is 16.0. The van der Waals surface area contributed by atoms with Crippen molar-refractivity contribution >= 4 is 22.2 Å². The summed E-state index contributed by atoms with van der Waals surface area (Å²) >= 11 is 5.29. The second kappa shape index (κ2) is 8.43. The highest BCUT2D eigenvalue weighted by atomic mass is 32.2. The number of nitrogens with one attached hydrogen (secondary N) is 1. The van der Waals surface area contributed by atoms with E-state index in [9.17, 15) is 8.42 Å². The molecule has 1 aromatic heterocycles. The Morgan fingerprint density at radius 1 is 1.19 bits per heavy atom. The van der Waals surface area contributed by atoms with E-state index < -0.39 is 10.0 Å². The monoisotopic (exact) mass is 396 g/mol. The summed E-state index contributed by atoms with van der Waals surface area (Å²) in [4.78, 5) is 0.322. The second-order valence-electron chi connectivity index (χ2n) is 6.34. The van der Waals surface area contributed by atoms with Crippen LogP contribution in [0.1, 0.15) is 25.7 Å². The molecular weight excluding hydrogens is 372 g/mol. The molecule has 0 spiro atoms. The summed E-state index contributed by atoms with van der Waals surface area (Å²) in [5, 5.41) is 7.10. The fourth-order valence-corrected chi connectivity index (χ4v) is 4.88. The number of rotatable bonds is 7. The van der Waals surface area contributed by atoms with Gasteiger partial charge in [0.05, 0.1) is 4.90 Å². The van der Waals surface area contributed by atoms with Crippen molar-refractivity contribution in [2.24, 2.45) is 0 Å². The average molecular weight is 397 g/mol. The molecule has 2 aromatic rings. The number of benzene rings is 1. The summed E-state index contributed by atoms with van der Waals surface area (Å²) in [5.74, 6) is 0.702. The maximum atomic E-state index is 12.7. The van der Waals surface area contributed by atoms with E-state index in [4.69, 9.17) is 17.0 Å². The lowest BCUT2D eigenvalue weighted by Crippen LogP contribution is -2.35. The molecule has 26 heavy (non-hydrogen) atoms. The van der Waals surface area contributed by atoms with Gasteiger partial charge >= 0.3 is 0 Å². The minimum absolute atomic E-state index is 0.322. The lowest BCUT2D eigenvalue weighted by atomic mass is 10.2. The molecule has 0 saturated carbocycles. The standard InChI is InChI=1S/C17H24N4O3S2/c1-24-13-5-12-21-16(18-19-17(21)25)14-6-8-15(9-7-14)26(22,23)20-10-3-2-4-11-20/h6-9H,2-5,10-13H2,1H3,(H,19,25). The van der Waals surface area contributed by atoms with E-state index in [1.165, 1.54) is 0 Å². The topological polar surface area (TPSA) is 80.2 Å². The third kappa shape index (κ3) is 4.06. The average Bonchev–Trinajstić information content (AvgIpc) is 3.03. The van der Waals surface area contributed by atoms with Gasteiger partial charge in [0.25, 0.3) is 0 Å². The fourth-order valence-electron chi connectivity index (χ4n) is 3.14. The van der Waals surface area contributed by atoms with E-state index in [1.54, 1.807) is 35.7 Å². The van der Waals surface area contributed by atoms with Crippen LogP contribution in [0.4, 0.5) is 0 Å². The van der Waals surface area contributed by atoms with Crippen molar-refractivity contribution in [2.75, 3.05) is 26.8 Å². The maximum Gasteiger partial charge on any atom is 0.243 e. The zero-order chi connectivity index (χ0) is 18.6. The first-order valence-corrected chi connectivity index (χ1v) is 10.6. The van der Waals surface area contributed by atoms with Gasteiger partial charge in [0.2, 0.25) is 10.0 Å². The molecule has 7 nitrogen and oxygen atoms in total. The third-order valence-electron chi connectivity index (χ3n) is 4.55. The highest BCUT2D eigenvalue weighted by molar-refractivity contribution is 7.89. The molecule has 1 aromatic carbocycles. The number of H-pyrrole nitrogens is 1. The van der Waals surface area contributed by atoms with E-state index in [1.807, 2.05) is 4.57 Å². The summed E-state index contributed by atoms with van der Waals surface area (Å²) in [5.41, 5.74) is 0.826. The van der Waals surface area contributed by atoms with Crippen molar-refractivity contribution in [3.8, 4) is 11.4 Å². The van der Waals surface area contributed by atoms with Crippen LogP contribution in [0.3, 0.4) is 0 Å². The SMILES string of the molecule is COCCCn1c(-c2ccc(S(=O)(=O)N3CCCCC3)cc2)n[nH]c1=S. The molecule has 3 rings (SSSR count). The van der Waals surface area contributed by atoms with Crippen molar-refractivity contribution < 1.29 is 13.2 Å². The predicted molar refractivity (Wildman–Crippen MR) is 102 cm³/mol. The fraction of sp³-hybridized carbons (Fsp3) is 0.529. The summed E-state index contributed by atoms with van der Waals surface area (Å²) < 4.78 is 34.6. The molecule has 0 bridgehead atoms. The molecular formula is C17H24N4O3S2. The van der Waals surface area contributed by atoms with Gasteiger partial charge in [-0.3, -0.25) is 5.10 Å². The highest BCUT2D eigenvalue weighted by Crippen LogP contribution is 2.24. The molecule has 0 amide bonds. The van der Waals surface area contributed by atoms with Crippen LogP contribution in [0.5, 0.6) is 0 Å². The van der Waals surface area contributed by atoms with Gasteiger partial charge in [-0.2, -0.15) is 9.40 Å². The Labute approximate surface area is 159 Å². The number of nitrogens with zero attached hydrogens (tertiary/aromatic N) is 3. The first-order chi connectivity index (χ1) is 12.5. The van der Waals surface area contributed by atoms with E-state index >= 15 is 0 Å². The smallest absolute Gasteiger partial charge is 0.243 e. The molecule has 1 saturated heterocycles. The molecule has 1 N–H and O–H groups in total. The van der Waals surface area contributed by atoms with Crippen LogP contribution in [0.2, 0.25) is 0 Å². The minimum Gasteiger partial charge on any atom is -0.385 e. The molecule has 1 aliphatic rings. The van der Waals surface area contributed by atoms with Crippen LogP contribution in [0, 0.1) is 4.77 Å². The Morgan fingerprint density at radius 2 is 1.88 bits per heavy atom. The van der Waals surface area contributed by atoms with Gasteiger partial charge in [-0.05, 0) is 55.7 Å². The molecule has 2 heterocycles. The van der Waals surface area contributed by atoms with Crippen molar-refractivity contribution in [1.29, 1.82) is 0 Å². The van der Waals surface area contributed by atoms with E-state index in [-0.39, 0.29) is 0 Å². The Morgan fingerprint density at radius 3 is 2.54 bits per heavy atom. The highest BCUT2D eigenvalue weighted by Gasteiger charge is 2.25. The van der Waals surface area contributed by atoms with Gasteiger partial charge in [0.15, 0.2) is 10.6 Å². The molecule has 0 atom stereocenters. The van der Waals surface area contributed by atoms with Crippen LogP contribution < -0.4 is 0 Å². The molecule has 0 aliphatic carbocycles. The van der Waals surface area contributed by atoms with E-state index in [2.05, 4.69) is 10.2 Å². The van der Waals surface area contributed by atoms with Gasteiger partial charge in [0.1, 0.15) is 0 Å². The van der Waals surface area contributed by atoms with E-state index in [0.29, 0.717) is 41.7 Å². The lowest BCUT2D eigenvalue weighted by molar-refractivity contribution is 0.190. The summed E-state index contributed by atoms with van der Waals surface area (Å²) in [6.07, 6.45) is 3.76. The van der Waals surface area contributed by atoms with Crippen LogP contribution in [-0.2, 0) is 21.3 Å². The molecule has 1 aliphatic heterocycles. The number of hydrogen-bond acceptors (Lipinski definition) is 5. The summed E-state index contributed by atoms with van der Waals surface area (Å²) in [6, 6.07) is 6.87. The van der Waals surface area contributed by atoms with Crippen LogP contribution in [0.15, 0.2) is 29.2 Å². The number of hydrogen-bond donors (Lipinski definition) is 1. The van der Waals surface area contributed by atoms with Gasteiger partial charge in [-0.1, -0.05) is 6.42 Å². The van der Waals surface area contributed by atoms with Crippen molar-refractivity contribution in [2.45, 2.75) is 37.1 Å². The number of ether oxygens (including phenoxy) is 1. The quantitative estimate of drug-likeness (QED) is 0.575. The number of sulfonamides is 1. The molecule has 142 valence electrons. The Kier molecular flexibility index (Phi) is 6.23. The largest absolute Gasteiger partial charge is 0.385 e. The molecule has 0 radical (unpaired) electrons. The maximum absolute atomic E-state index is 12.7.